The van der Waals surface area contributed by atoms with Crippen LogP contribution in [0.1, 0.15) is 55.6 Å². The zero-order valence-electron chi connectivity index (χ0n) is 15.1. The van der Waals surface area contributed by atoms with Crippen LogP contribution in [0.15, 0.2) is 47.5 Å². The molecule has 130 valence electrons. The Hall–Kier alpha value is -2.62. The van der Waals surface area contributed by atoms with Crippen molar-refractivity contribution in [1.82, 2.24) is 0 Å². The summed E-state index contributed by atoms with van der Waals surface area (Å²) in [7, 11) is 0. The fourth-order valence-corrected chi connectivity index (χ4v) is 3.76. The second-order valence-electron chi connectivity index (χ2n) is 7.98. The van der Waals surface area contributed by atoms with Gasteiger partial charge in [0, 0.05) is 17.4 Å². The molecule has 3 rings (SSSR count). The van der Waals surface area contributed by atoms with Crippen molar-refractivity contribution >= 4 is 23.6 Å². The Balaban J connectivity index is 1.86. The summed E-state index contributed by atoms with van der Waals surface area (Å²) in [5.74, 6) is -0.928. The van der Waals surface area contributed by atoms with Gasteiger partial charge in [0.1, 0.15) is 0 Å². The molecule has 4 heteroatoms. The van der Waals surface area contributed by atoms with E-state index >= 15 is 0 Å². The van der Waals surface area contributed by atoms with Crippen LogP contribution in [0.25, 0.3) is 0 Å². The number of hydrogen-bond acceptors (Lipinski definition) is 3. The number of nitrogens with zero attached hydrogens (tertiary/aromatic N) is 1. The maximum Gasteiger partial charge on any atom is 0.335 e. The van der Waals surface area contributed by atoms with Crippen molar-refractivity contribution in [3.8, 4) is 0 Å². The molecule has 2 aromatic carbocycles. The molecule has 0 aliphatic carbocycles. The van der Waals surface area contributed by atoms with Crippen LogP contribution in [-0.4, -0.2) is 22.8 Å². The molecule has 2 N–H and O–H groups in total. The Morgan fingerprint density at radius 2 is 1.80 bits per heavy atom. The van der Waals surface area contributed by atoms with E-state index in [4.69, 9.17) is 5.11 Å². The van der Waals surface area contributed by atoms with E-state index in [9.17, 15) is 4.79 Å². The smallest absolute Gasteiger partial charge is 0.335 e. The van der Waals surface area contributed by atoms with E-state index in [2.05, 4.69) is 56.2 Å². The van der Waals surface area contributed by atoms with Gasteiger partial charge in [0.15, 0.2) is 0 Å². The highest BCUT2D eigenvalue weighted by Crippen LogP contribution is 2.43. The molecule has 0 aromatic heterocycles. The second-order valence-corrected chi connectivity index (χ2v) is 7.98. The Bertz CT molecular complexity index is 833. The quantitative estimate of drug-likeness (QED) is 0.775. The molecule has 0 fully saturated rings. The van der Waals surface area contributed by atoms with Crippen LogP contribution in [-0.2, 0) is 5.41 Å². The van der Waals surface area contributed by atoms with Gasteiger partial charge in [-0.25, -0.2) is 4.79 Å². The molecule has 2 aromatic rings. The maximum absolute atomic E-state index is 10.9. The lowest BCUT2D eigenvalue weighted by Gasteiger charge is -2.43. The van der Waals surface area contributed by atoms with Crippen LogP contribution < -0.4 is 5.32 Å². The third kappa shape index (κ3) is 3.73. The van der Waals surface area contributed by atoms with E-state index in [0.717, 1.165) is 17.7 Å². The Morgan fingerprint density at radius 3 is 2.44 bits per heavy atom. The third-order valence-corrected chi connectivity index (χ3v) is 4.61. The van der Waals surface area contributed by atoms with Gasteiger partial charge in [0.2, 0.25) is 0 Å². The first-order valence-electron chi connectivity index (χ1n) is 8.46. The first-order valence-corrected chi connectivity index (χ1v) is 8.46. The van der Waals surface area contributed by atoms with E-state index in [1.807, 2.05) is 6.21 Å². The highest BCUT2D eigenvalue weighted by molar-refractivity contribution is 5.88. The fraction of sp³-hybridized carbons (Fsp3) is 0.333. The number of benzene rings is 2. The lowest BCUT2D eigenvalue weighted by molar-refractivity contribution is 0.0697. The van der Waals surface area contributed by atoms with Crippen molar-refractivity contribution in [1.29, 1.82) is 0 Å². The molecule has 1 aliphatic rings. The Labute approximate surface area is 148 Å². The van der Waals surface area contributed by atoms with Gasteiger partial charge in [-0.2, -0.15) is 0 Å². The van der Waals surface area contributed by atoms with Gasteiger partial charge in [-0.3, -0.25) is 4.99 Å². The van der Waals surface area contributed by atoms with Gasteiger partial charge >= 0.3 is 5.97 Å². The number of aliphatic imine (C=N–C) groups is 1. The molecule has 25 heavy (non-hydrogen) atoms. The summed E-state index contributed by atoms with van der Waals surface area (Å²) < 4.78 is 0. The molecule has 0 amide bonds. The molecule has 0 atom stereocenters. The minimum Gasteiger partial charge on any atom is -0.478 e. The summed E-state index contributed by atoms with van der Waals surface area (Å²) in [4.78, 5) is 15.4. The van der Waals surface area contributed by atoms with E-state index in [1.165, 1.54) is 11.3 Å². The first-order chi connectivity index (χ1) is 11.7. The highest BCUT2D eigenvalue weighted by atomic mass is 16.4. The summed E-state index contributed by atoms with van der Waals surface area (Å²) in [6.07, 6.45) is 2.89. The first kappa shape index (κ1) is 17.2. The van der Waals surface area contributed by atoms with Gasteiger partial charge in [0.05, 0.1) is 11.3 Å². The molecule has 1 aliphatic heterocycles. The van der Waals surface area contributed by atoms with Crippen molar-refractivity contribution in [2.24, 2.45) is 4.99 Å². The zero-order chi connectivity index (χ0) is 18.2. The van der Waals surface area contributed by atoms with Crippen molar-refractivity contribution < 1.29 is 9.90 Å². The molecule has 0 radical (unpaired) electrons. The minimum atomic E-state index is -0.928. The van der Waals surface area contributed by atoms with Gasteiger partial charge in [-0.05, 0) is 73.2 Å². The number of aromatic carboxylic acids is 1. The molecule has 0 saturated carbocycles. The van der Waals surface area contributed by atoms with E-state index < -0.39 is 5.97 Å². The van der Waals surface area contributed by atoms with Gasteiger partial charge < -0.3 is 10.4 Å². The molecule has 0 saturated heterocycles. The van der Waals surface area contributed by atoms with Crippen LogP contribution in [0.2, 0.25) is 0 Å². The lowest BCUT2D eigenvalue weighted by atomic mass is 9.71. The number of hydrogen-bond donors (Lipinski definition) is 2. The topological polar surface area (TPSA) is 61.7 Å². The SMILES string of the molecule is CC1(C)CC(C)(C)c2cc(C=Nc3ccc(C(=O)O)cc3)ccc2N1. The van der Waals surface area contributed by atoms with Gasteiger partial charge in [-0.15, -0.1) is 0 Å². The highest BCUT2D eigenvalue weighted by Gasteiger charge is 2.36. The summed E-state index contributed by atoms with van der Waals surface area (Å²) in [6, 6.07) is 12.9. The van der Waals surface area contributed by atoms with Crippen LogP contribution in [0.4, 0.5) is 11.4 Å². The number of nitrogens with one attached hydrogen (secondary N) is 1. The molecule has 0 spiro atoms. The van der Waals surface area contributed by atoms with Gasteiger partial charge in [-0.1, -0.05) is 19.9 Å². The largest absolute Gasteiger partial charge is 0.478 e. The van der Waals surface area contributed by atoms with Crippen molar-refractivity contribution in [2.45, 2.75) is 45.1 Å². The van der Waals surface area contributed by atoms with Crippen molar-refractivity contribution in [3.63, 3.8) is 0 Å². The third-order valence-electron chi connectivity index (χ3n) is 4.61. The predicted molar refractivity (Wildman–Crippen MR) is 102 cm³/mol. The average Bonchev–Trinajstić information content (AvgIpc) is 2.52. The maximum atomic E-state index is 10.9. The van der Waals surface area contributed by atoms with Gasteiger partial charge in [0.25, 0.3) is 0 Å². The normalized spacial score (nSPS) is 17.8. The summed E-state index contributed by atoms with van der Waals surface area (Å²) in [5.41, 5.74) is 4.70. The summed E-state index contributed by atoms with van der Waals surface area (Å²) in [5, 5.41) is 12.5. The number of carboxylic acid groups (broad SMARTS) is 1. The number of fused-ring (bicyclic) bond motifs is 1. The van der Waals surface area contributed by atoms with Crippen molar-refractivity contribution in [2.75, 3.05) is 5.32 Å². The summed E-state index contributed by atoms with van der Waals surface area (Å²) in [6.45, 7) is 9.02. The molecule has 4 nitrogen and oxygen atoms in total. The summed E-state index contributed by atoms with van der Waals surface area (Å²) >= 11 is 0. The monoisotopic (exact) mass is 336 g/mol. The number of rotatable bonds is 3. The minimum absolute atomic E-state index is 0.0813. The van der Waals surface area contributed by atoms with E-state index in [-0.39, 0.29) is 16.5 Å². The number of anilines is 1. The molecule has 0 unspecified atom stereocenters. The Morgan fingerprint density at radius 1 is 1.12 bits per heavy atom. The van der Waals surface area contributed by atoms with E-state index in [0.29, 0.717) is 0 Å². The standard InChI is InChI=1S/C21H24N2O2/c1-20(2)13-21(3,4)23-18-10-5-14(11-17(18)20)12-22-16-8-6-15(7-9-16)19(24)25/h5-12,23H,13H2,1-4H3,(H,24,25). The van der Waals surface area contributed by atoms with Crippen LogP contribution >= 0.6 is 0 Å². The number of carboxylic acids is 1. The average molecular weight is 336 g/mol. The molecular formula is C21H24N2O2. The lowest BCUT2D eigenvalue weighted by Crippen LogP contribution is -2.43. The number of carbonyl (C=O) groups is 1. The predicted octanol–water partition coefficient (Wildman–Crippen LogP) is 5.01. The van der Waals surface area contributed by atoms with Crippen LogP contribution in [0, 0.1) is 0 Å². The molecule has 1 heterocycles. The Kier molecular flexibility index (Phi) is 4.15. The van der Waals surface area contributed by atoms with Crippen LogP contribution in [0.3, 0.4) is 0 Å². The van der Waals surface area contributed by atoms with Crippen LogP contribution in [0.5, 0.6) is 0 Å². The second kappa shape index (κ2) is 6.03. The zero-order valence-corrected chi connectivity index (χ0v) is 15.1. The van der Waals surface area contributed by atoms with Crippen molar-refractivity contribution in [3.05, 3.63) is 59.2 Å². The van der Waals surface area contributed by atoms with E-state index in [1.54, 1.807) is 24.3 Å². The fourth-order valence-electron chi connectivity index (χ4n) is 3.76. The molecule has 0 bridgehead atoms. The molecular weight excluding hydrogens is 312 g/mol.